The summed E-state index contributed by atoms with van der Waals surface area (Å²) in [4.78, 5) is 28.3. The Hall–Kier alpha value is -3.33. The third-order valence-corrected chi connectivity index (χ3v) is 4.59. The molecule has 3 aromatic rings. The third-order valence-electron chi connectivity index (χ3n) is 3.79. The highest BCUT2D eigenvalue weighted by atomic mass is 32.1. The van der Waals surface area contributed by atoms with Crippen LogP contribution >= 0.6 is 11.3 Å². The number of anilines is 1. The fourth-order valence-corrected chi connectivity index (χ4v) is 3.20. The first-order chi connectivity index (χ1) is 13.2. The van der Waals surface area contributed by atoms with E-state index >= 15 is 0 Å². The Balaban J connectivity index is 1.28. The molecule has 0 unspecified atom stereocenters. The van der Waals surface area contributed by atoms with Crippen molar-refractivity contribution in [2.24, 2.45) is 0 Å². The van der Waals surface area contributed by atoms with Crippen LogP contribution in [0, 0.1) is 0 Å². The summed E-state index contributed by atoms with van der Waals surface area (Å²) in [5, 5.41) is 7.62. The summed E-state index contributed by atoms with van der Waals surface area (Å²) in [5.74, 6) is 1.04. The van der Waals surface area contributed by atoms with Gasteiger partial charge in [-0.25, -0.2) is 4.98 Å². The number of rotatable bonds is 6. The molecule has 3 heterocycles. The van der Waals surface area contributed by atoms with Gasteiger partial charge in [-0.3, -0.25) is 14.9 Å². The van der Waals surface area contributed by atoms with E-state index in [4.69, 9.17) is 13.9 Å². The minimum absolute atomic E-state index is 0.123. The second kappa shape index (κ2) is 7.50. The number of amides is 2. The molecule has 0 spiro atoms. The molecule has 138 valence electrons. The van der Waals surface area contributed by atoms with Crippen LogP contribution in [0.25, 0.3) is 0 Å². The lowest BCUT2D eigenvalue weighted by Crippen LogP contribution is -2.24. The van der Waals surface area contributed by atoms with Gasteiger partial charge in [0.25, 0.3) is 5.91 Å². The van der Waals surface area contributed by atoms with Crippen molar-refractivity contribution in [3.63, 3.8) is 0 Å². The average Bonchev–Trinajstić information content (AvgIpc) is 3.41. The van der Waals surface area contributed by atoms with Crippen LogP contribution in [-0.4, -0.2) is 23.6 Å². The van der Waals surface area contributed by atoms with E-state index in [1.54, 1.807) is 17.5 Å². The van der Waals surface area contributed by atoms with E-state index < -0.39 is 0 Å². The quantitative estimate of drug-likeness (QED) is 0.676. The van der Waals surface area contributed by atoms with Gasteiger partial charge in [0.1, 0.15) is 0 Å². The molecule has 0 aliphatic carbocycles. The lowest BCUT2D eigenvalue weighted by Gasteiger charge is -2.05. The van der Waals surface area contributed by atoms with Crippen LogP contribution in [0.1, 0.15) is 21.8 Å². The molecule has 1 aromatic carbocycles. The number of nitrogens with zero attached hydrogens (tertiary/aromatic N) is 1. The molecule has 4 rings (SSSR count). The first-order valence-corrected chi connectivity index (χ1v) is 9.00. The SMILES string of the molecule is O=C(Cc1csc(NC(=O)c2ccco2)n1)NCc1ccc2c(c1)OCO2. The van der Waals surface area contributed by atoms with Crippen molar-refractivity contribution < 1.29 is 23.5 Å². The van der Waals surface area contributed by atoms with Crippen molar-refractivity contribution in [1.82, 2.24) is 10.3 Å². The average molecular weight is 385 g/mol. The molecule has 0 saturated heterocycles. The van der Waals surface area contributed by atoms with E-state index in [9.17, 15) is 9.59 Å². The third kappa shape index (κ3) is 4.09. The summed E-state index contributed by atoms with van der Waals surface area (Å²) in [6.07, 6.45) is 1.55. The highest BCUT2D eigenvalue weighted by Gasteiger charge is 2.15. The van der Waals surface area contributed by atoms with Crippen LogP contribution in [0.2, 0.25) is 0 Å². The fourth-order valence-electron chi connectivity index (χ4n) is 2.49. The number of thiazole rings is 1. The van der Waals surface area contributed by atoms with Gasteiger partial charge in [0.15, 0.2) is 22.4 Å². The maximum absolute atomic E-state index is 12.1. The lowest BCUT2D eigenvalue weighted by atomic mass is 10.2. The topological polar surface area (TPSA) is 103 Å². The normalized spacial score (nSPS) is 12.0. The second-order valence-corrected chi connectivity index (χ2v) is 6.57. The zero-order chi connectivity index (χ0) is 18.6. The predicted molar refractivity (Wildman–Crippen MR) is 96.9 cm³/mol. The van der Waals surface area contributed by atoms with Gasteiger partial charge >= 0.3 is 0 Å². The van der Waals surface area contributed by atoms with Crippen molar-refractivity contribution >= 4 is 28.3 Å². The van der Waals surface area contributed by atoms with Gasteiger partial charge in [-0.2, -0.15) is 0 Å². The summed E-state index contributed by atoms with van der Waals surface area (Å²) in [6.45, 7) is 0.593. The molecule has 2 aromatic heterocycles. The minimum atomic E-state index is -0.381. The first kappa shape index (κ1) is 17.1. The Morgan fingerprint density at radius 1 is 1.19 bits per heavy atom. The number of carbonyl (C=O) groups is 2. The van der Waals surface area contributed by atoms with Crippen molar-refractivity contribution in [2.45, 2.75) is 13.0 Å². The van der Waals surface area contributed by atoms with Crippen molar-refractivity contribution in [3.05, 3.63) is 59.0 Å². The number of aromatic nitrogens is 1. The second-order valence-electron chi connectivity index (χ2n) is 5.72. The van der Waals surface area contributed by atoms with Gasteiger partial charge in [0.05, 0.1) is 18.4 Å². The number of nitrogens with one attached hydrogen (secondary N) is 2. The summed E-state index contributed by atoms with van der Waals surface area (Å²) in [6, 6.07) is 8.73. The van der Waals surface area contributed by atoms with E-state index in [0.717, 1.165) is 5.56 Å². The zero-order valence-corrected chi connectivity index (χ0v) is 14.9. The molecule has 0 fully saturated rings. The monoisotopic (exact) mass is 385 g/mol. The van der Waals surface area contributed by atoms with Gasteiger partial charge in [-0.1, -0.05) is 6.07 Å². The molecule has 9 heteroatoms. The number of hydrogen-bond donors (Lipinski definition) is 2. The number of furan rings is 1. The van der Waals surface area contributed by atoms with Crippen molar-refractivity contribution in [2.75, 3.05) is 12.1 Å². The number of hydrogen-bond acceptors (Lipinski definition) is 7. The molecule has 0 saturated carbocycles. The predicted octanol–water partition coefficient (Wildman–Crippen LogP) is 2.58. The molecule has 1 aliphatic heterocycles. The van der Waals surface area contributed by atoms with E-state index in [-0.39, 0.29) is 30.8 Å². The maximum atomic E-state index is 12.1. The molecule has 8 nitrogen and oxygen atoms in total. The molecule has 1 aliphatic rings. The Kier molecular flexibility index (Phi) is 4.75. The summed E-state index contributed by atoms with van der Waals surface area (Å²) < 4.78 is 15.6. The molecule has 2 amide bonds. The van der Waals surface area contributed by atoms with E-state index in [1.807, 2.05) is 18.2 Å². The standard InChI is InChI=1S/C18H15N3O5S/c22-16(19-8-11-3-4-13-15(6-11)26-10-25-13)7-12-9-27-18(20-12)21-17(23)14-2-1-5-24-14/h1-6,9H,7-8,10H2,(H,19,22)(H,20,21,23). The first-order valence-electron chi connectivity index (χ1n) is 8.12. The number of ether oxygens (including phenoxy) is 2. The summed E-state index contributed by atoms with van der Waals surface area (Å²) in [7, 11) is 0. The van der Waals surface area contributed by atoms with Crippen LogP contribution in [0.3, 0.4) is 0 Å². The smallest absolute Gasteiger partial charge is 0.293 e. The summed E-state index contributed by atoms with van der Waals surface area (Å²) in [5.41, 5.74) is 1.50. The highest BCUT2D eigenvalue weighted by Crippen LogP contribution is 2.32. The number of carbonyl (C=O) groups excluding carboxylic acids is 2. The molecule has 0 atom stereocenters. The Labute approximate surface area is 158 Å². The minimum Gasteiger partial charge on any atom is -0.459 e. The molecule has 0 bridgehead atoms. The van der Waals surface area contributed by atoms with Crippen molar-refractivity contribution in [3.8, 4) is 11.5 Å². The Bertz CT molecular complexity index is 967. The molecule has 2 N–H and O–H groups in total. The largest absolute Gasteiger partial charge is 0.459 e. The van der Waals surface area contributed by atoms with Crippen LogP contribution in [0.4, 0.5) is 5.13 Å². The molecule has 27 heavy (non-hydrogen) atoms. The van der Waals surface area contributed by atoms with E-state index in [0.29, 0.717) is 28.9 Å². The molecular formula is C18H15N3O5S. The van der Waals surface area contributed by atoms with Gasteiger partial charge in [-0.05, 0) is 29.8 Å². The van der Waals surface area contributed by atoms with Crippen LogP contribution in [-0.2, 0) is 17.8 Å². The number of benzene rings is 1. The van der Waals surface area contributed by atoms with E-state index in [1.165, 1.54) is 17.6 Å². The fraction of sp³-hybridized carbons (Fsp3) is 0.167. The van der Waals surface area contributed by atoms with Gasteiger partial charge < -0.3 is 19.2 Å². The molecule has 0 radical (unpaired) electrons. The maximum Gasteiger partial charge on any atom is 0.293 e. The van der Waals surface area contributed by atoms with Crippen LogP contribution in [0.15, 0.2) is 46.4 Å². The highest BCUT2D eigenvalue weighted by molar-refractivity contribution is 7.14. The van der Waals surface area contributed by atoms with Crippen LogP contribution in [0.5, 0.6) is 11.5 Å². The van der Waals surface area contributed by atoms with Crippen molar-refractivity contribution in [1.29, 1.82) is 0 Å². The number of fused-ring (bicyclic) bond motifs is 1. The Morgan fingerprint density at radius 3 is 2.93 bits per heavy atom. The van der Waals surface area contributed by atoms with E-state index in [2.05, 4.69) is 15.6 Å². The zero-order valence-electron chi connectivity index (χ0n) is 14.1. The van der Waals surface area contributed by atoms with Gasteiger partial charge in [0, 0.05) is 11.9 Å². The van der Waals surface area contributed by atoms with Gasteiger partial charge in [0.2, 0.25) is 12.7 Å². The van der Waals surface area contributed by atoms with Gasteiger partial charge in [-0.15, -0.1) is 11.3 Å². The lowest BCUT2D eigenvalue weighted by molar-refractivity contribution is -0.120. The summed E-state index contributed by atoms with van der Waals surface area (Å²) >= 11 is 1.25. The van der Waals surface area contributed by atoms with Crippen LogP contribution < -0.4 is 20.1 Å². The Morgan fingerprint density at radius 2 is 2.07 bits per heavy atom. The molecular weight excluding hydrogens is 370 g/mol.